The molecule has 4 N–H and O–H groups in total. The second kappa shape index (κ2) is 26.5. The SMILES string of the molecule is COc1cc(C(=O)N2CCC(CCCN(C)C[C@H]3CC[C@H](n4cc(NC(=O)c5coc(-c6ccnc(NCC7CC7)c6)n5)c(C(F)F)n4)CC3)CC2)ccc1NC(=O)[C@@H]1N[C@@H](CC(C)(C)C)[C@](C#N)(c2ccc(Cl)cc2F)[C@H]1c1cccc(Cl)c1F. The molecular weight excluding hydrogens is 1150 g/mol. The van der Waals surface area contributed by atoms with Crippen molar-refractivity contribution >= 4 is 58.1 Å². The van der Waals surface area contributed by atoms with Crippen LogP contribution in [0.2, 0.25) is 10.0 Å². The fourth-order valence-corrected chi connectivity index (χ4v) is 13.2. The van der Waals surface area contributed by atoms with Crippen molar-refractivity contribution in [1.29, 1.82) is 5.26 Å². The summed E-state index contributed by atoms with van der Waals surface area (Å²) in [6, 6.07) is 16.8. The maximum Gasteiger partial charge on any atom is 0.284 e. The van der Waals surface area contributed by atoms with Gasteiger partial charge in [0, 0.05) is 72.2 Å². The summed E-state index contributed by atoms with van der Waals surface area (Å²) in [5.41, 5.74) is -1.67. The number of carbonyl (C=O) groups is 3. The summed E-state index contributed by atoms with van der Waals surface area (Å²) in [5.74, 6) is -1.71. The molecule has 0 radical (unpaired) electrons. The van der Waals surface area contributed by atoms with Crippen LogP contribution in [0.3, 0.4) is 0 Å². The van der Waals surface area contributed by atoms with Crippen LogP contribution in [0, 0.1) is 46.1 Å². The summed E-state index contributed by atoms with van der Waals surface area (Å²) in [4.78, 5) is 54.9. The number of pyridine rings is 1. The molecule has 4 fully saturated rings. The van der Waals surface area contributed by atoms with Gasteiger partial charge in [-0.2, -0.15) is 10.4 Å². The number of nitrogens with one attached hydrogen (secondary N) is 4. The number of oxazole rings is 1. The Morgan fingerprint density at radius 1 is 0.942 bits per heavy atom. The van der Waals surface area contributed by atoms with Gasteiger partial charge in [-0.3, -0.25) is 19.1 Å². The van der Waals surface area contributed by atoms with Crippen LogP contribution in [0.15, 0.2) is 89.8 Å². The van der Waals surface area contributed by atoms with Gasteiger partial charge in [-0.05, 0) is 161 Å². The van der Waals surface area contributed by atoms with Crippen molar-refractivity contribution in [1.82, 2.24) is 34.9 Å². The van der Waals surface area contributed by atoms with Gasteiger partial charge in [-0.15, -0.1) is 0 Å². The van der Waals surface area contributed by atoms with Crippen LogP contribution in [0.5, 0.6) is 5.75 Å². The Balaban J connectivity index is 0.690. The first-order valence-electron chi connectivity index (χ1n) is 29.6. The van der Waals surface area contributed by atoms with Crippen LogP contribution in [0.1, 0.15) is 147 Å². The number of amides is 3. The first-order chi connectivity index (χ1) is 41.2. The number of ether oxygens (including phenoxy) is 1. The molecule has 3 aromatic carbocycles. The van der Waals surface area contributed by atoms with Gasteiger partial charge in [-0.1, -0.05) is 62.2 Å². The van der Waals surface area contributed by atoms with E-state index in [0.717, 1.165) is 77.1 Å². The molecule has 2 saturated carbocycles. The van der Waals surface area contributed by atoms with E-state index >= 15 is 8.78 Å². The van der Waals surface area contributed by atoms with Crippen LogP contribution in [0.25, 0.3) is 11.5 Å². The van der Waals surface area contributed by atoms with Gasteiger partial charge in [0.2, 0.25) is 11.8 Å². The Labute approximate surface area is 508 Å². The highest BCUT2D eigenvalue weighted by molar-refractivity contribution is 6.31. The summed E-state index contributed by atoms with van der Waals surface area (Å²) in [6.45, 7) is 9.71. The quantitative estimate of drug-likeness (QED) is 0.0499. The van der Waals surface area contributed by atoms with Gasteiger partial charge in [-0.25, -0.2) is 27.5 Å². The molecule has 0 unspecified atom stereocenters. The molecule has 86 heavy (non-hydrogen) atoms. The molecule has 456 valence electrons. The van der Waals surface area contributed by atoms with Gasteiger partial charge in [0.25, 0.3) is 18.2 Å². The molecule has 4 aliphatic rings. The van der Waals surface area contributed by atoms with Crippen LogP contribution in [-0.2, 0) is 10.2 Å². The fourth-order valence-electron chi connectivity index (χ4n) is 12.9. The van der Waals surface area contributed by atoms with E-state index in [1.807, 2.05) is 25.7 Å². The zero-order chi connectivity index (χ0) is 61.0. The third-order valence-corrected chi connectivity index (χ3v) is 18.0. The van der Waals surface area contributed by atoms with Crippen LogP contribution in [0.4, 0.5) is 34.8 Å². The lowest BCUT2D eigenvalue weighted by atomic mass is 9.62. The van der Waals surface area contributed by atoms with E-state index in [1.165, 1.54) is 62.7 Å². The van der Waals surface area contributed by atoms with E-state index < -0.39 is 64.4 Å². The number of likely N-dealkylation sites (tertiary alicyclic amines) is 1. The number of halogens is 6. The lowest BCUT2D eigenvalue weighted by Gasteiger charge is -2.37. The van der Waals surface area contributed by atoms with E-state index in [9.17, 15) is 28.4 Å². The number of piperidine rings is 1. The van der Waals surface area contributed by atoms with Crippen molar-refractivity contribution in [3.63, 3.8) is 0 Å². The summed E-state index contributed by atoms with van der Waals surface area (Å²) in [6.07, 6.45) is 11.2. The lowest BCUT2D eigenvalue weighted by molar-refractivity contribution is -0.118. The monoisotopic (exact) mass is 1220 g/mol. The molecule has 3 aromatic heterocycles. The van der Waals surface area contributed by atoms with Crippen LogP contribution >= 0.6 is 23.2 Å². The molecule has 6 aromatic rings. The smallest absolute Gasteiger partial charge is 0.284 e. The largest absolute Gasteiger partial charge is 0.495 e. The van der Waals surface area contributed by atoms with E-state index in [2.05, 4.69) is 54.4 Å². The summed E-state index contributed by atoms with van der Waals surface area (Å²) in [7, 11) is 3.56. The molecule has 22 heteroatoms. The predicted molar refractivity (Wildman–Crippen MR) is 322 cm³/mol. The van der Waals surface area contributed by atoms with Crippen molar-refractivity contribution in [2.45, 2.75) is 127 Å². The van der Waals surface area contributed by atoms with E-state index in [1.54, 1.807) is 41.2 Å². The predicted octanol–water partition coefficient (Wildman–Crippen LogP) is 13.5. The normalized spacial score (nSPS) is 21.8. The fraction of sp³-hybridized carbons (Fsp3) is 0.484. The maximum atomic E-state index is 16.3. The third-order valence-electron chi connectivity index (χ3n) is 17.5. The standard InChI is InChI=1S/C64H73Cl2F4N11O5/c1-63(2,3)31-52-64(36-71,45-19-16-42(65)30-47(45)67)54(44-9-6-10-46(66)55(44)68)57(77-52)60(83)74-48-20-15-41(28-51(48)85-5)62(84)80-26-22-37(23-27-80)8-7-25-79(4)33-39-13-17-43(18-14-39)81-34-49(56(78-81)58(69)70)75-59(82)50-35-86-61(76-50)40-21-24-72-53(29-40)73-32-38-11-12-38/h6,9-10,15-16,19-21,24,28-30,34-35,37-39,43,52,54,57-58,77H,7-8,11-14,17-18,22-23,25-27,31-33H2,1-5H3,(H,72,73)(H,74,83)(H,75,82)/t39-,43-,52-,54-,57+,64-/m0/s1. The molecule has 16 nitrogen and oxygen atoms in total. The topological polar surface area (TPSA) is 196 Å². The van der Waals surface area contributed by atoms with E-state index in [0.29, 0.717) is 54.2 Å². The number of anilines is 3. The van der Waals surface area contributed by atoms with E-state index in [-0.39, 0.29) is 61.8 Å². The first kappa shape index (κ1) is 62.0. The Morgan fingerprint density at radius 2 is 1.70 bits per heavy atom. The number of nitriles is 1. The molecule has 4 atom stereocenters. The van der Waals surface area contributed by atoms with Gasteiger partial charge < -0.3 is 40.2 Å². The van der Waals surface area contributed by atoms with Crippen molar-refractivity contribution in [2.24, 2.45) is 23.2 Å². The minimum absolute atomic E-state index is 0.0355. The van der Waals surface area contributed by atoms with Crippen molar-refractivity contribution in [3.05, 3.63) is 135 Å². The summed E-state index contributed by atoms with van der Waals surface area (Å²) >= 11 is 12.5. The van der Waals surface area contributed by atoms with Gasteiger partial charge >= 0.3 is 0 Å². The van der Waals surface area contributed by atoms with Gasteiger partial charge in [0.15, 0.2) is 11.4 Å². The molecule has 0 spiro atoms. The average Bonchev–Trinajstić information content (AvgIpc) is 1.56. The van der Waals surface area contributed by atoms with Crippen molar-refractivity contribution in [2.75, 3.05) is 62.8 Å². The highest BCUT2D eigenvalue weighted by Crippen LogP contribution is 2.53. The number of alkyl halides is 2. The number of hydrogen-bond acceptors (Lipinski definition) is 12. The number of methoxy groups -OCH3 is 1. The minimum Gasteiger partial charge on any atom is -0.495 e. The highest BCUT2D eigenvalue weighted by atomic mass is 35.5. The summed E-state index contributed by atoms with van der Waals surface area (Å²) in [5, 5.41) is 27.6. The number of rotatable bonds is 21. The molecule has 10 rings (SSSR count). The zero-order valence-corrected chi connectivity index (χ0v) is 50.5. The number of aromatic nitrogens is 4. The highest BCUT2D eigenvalue weighted by Gasteiger charge is 2.61. The maximum absolute atomic E-state index is 16.3. The lowest BCUT2D eigenvalue weighted by Crippen LogP contribution is -2.45. The Bertz CT molecular complexity index is 3460. The molecule has 2 aliphatic heterocycles. The summed E-state index contributed by atoms with van der Waals surface area (Å²) < 4.78 is 74.0. The molecule has 3 amide bonds. The van der Waals surface area contributed by atoms with Gasteiger partial charge in [0.1, 0.15) is 34.9 Å². The van der Waals surface area contributed by atoms with Crippen LogP contribution in [-0.4, -0.2) is 106 Å². The Kier molecular flexibility index (Phi) is 19.1. The molecule has 2 aliphatic carbocycles. The van der Waals surface area contributed by atoms with Crippen molar-refractivity contribution < 1.29 is 41.1 Å². The second-order valence-corrected chi connectivity index (χ2v) is 25.7. The van der Waals surface area contributed by atoms with Gasteiger partial charge in [0.05, 0.1) is 41.7 Å². The first-order valence-corrected chi connectivity index (χ1v) is 30.3. The number of benzene rings is 3. The Hall–Kier alpha value is -7.05. The Morgan fingerprint density at radius 3 is 2.40 bits per heavy atom. The minimum atomic E-state index is -2.90. The molecular formula is C64H73Cl2F4N11O5. The number of nitrogens with zero attached hydrogens (tertiary/aromatic N) is 7. The van der Waals surface area contributed by atoms with Crippen molar-refractivity contribution in [3.8, 4) is 23.3 Å². The number of hydrogen-bond donors (Lipinski definition) is 4. The number of carbonyl (C=O) groups excluding carboxylic acids is 3. The zero-order valence-electron chi connectivity index (χ0n) is 49.0. The third kappa shape index (κ3) is 14.0. The molecule has 2 saturated heterocycles. The average molecular weight is 1220 g/mol. The van der Waals surface area contributed by atoms with Crippen LogP contribution < -0.4 is 26.0 Å². The second-order valence-electron chi connectivity index (χ2n) is 24.9. The molecule has 0 bridgehead atoms. The molecule has 5 heterocycles. The van der Waals surface area contributed by atoms with E-state index in [4.69, 9.17) is 32.4 Å².